The lowest BCUT2D eigenvalue weighted by Gasteiger charge is -2.34. The molecule has 1 saturated heterocycles. The molecule has 2 aromatic rings. The Balaban J connectivity index is 1.82. The summed E-state index contributed by atoms with van der Waals surface area (Å²) in [5.74, 6) is 0.220. The molecule has 0 aliphatic carbocycles. The third kappa shape index (κ3) is 2.58. The summed E-state index contributed by atoms with van der Waals surface area (Å²) in [6.07, 6.45) is 1.38. The van der Waals surface area contributed by atoms with E-state index >= 15 is 0 Å². The first-order valence-electron chi connectivity index (χ1n) is 6.50. The number of halogens is 1. The Labute approximate surface area is 116 Å². The van der Waals surface area contributed by atoms with Gasteiger partial charge in [-0.15, -0.1) is 0 Å². The first kappa shape index (κ1) is 12.9. The average Bonchev–Trinajstić information content (AvgIpc) is 2.48. The Bertz CT molecular complexity index is 606. The van der Waals surface area contributed by atoms with Gasteiger partial charge in [0.2, 0.25) is 0 Å². The minimum absolute atomic E-state index is 0.197. The molecule has 1 N–H and O–H groups in total. The molecule has 0 bridgehead atoms. The van der Waals surface area contributed by atoms with Crippen molar-refractivity contribution in [1.82, 2.24) is 4.98 Å². The lowest BCUT2D eigenvalue weighted by molar-refractivity contribution is 0.0391. The summed E-state index contributed by atoms with van der Waals surface area (Å²) in [6, 6.07) is 9.93. The van der Waals surface area contributed by atoms with Gasteiger partial charge in [0, 0.05) is 19.3 Å². The number of nitrogens with zero attached hydrogens (tertiary/aromatic N) is 2. The highest BCUT2D eigenvalue weighted by Crippen LogP contribution is 2.27. The minimum Gasteiger partial charge on any atom is -0.508 e. The highest BCUT2D eigenvalue weighted by molar-refractivity contribution is 5.41. The summed E-state index contributed by atoms with van der Waals surface area (Å²) in [7, 11) is 0. The molecule has 20 heavy (non-hydrogen) atoms. The molecule has 1 aliphatic rings. The van der Waals surface area contributed by atoms with Gasteiger partial charge in [-0.2, -0.15) is 0 Å². The van der Waals surface area contributed by atoms with Gasteiger partial charge in [-0.3, -0.25) is 0 Å². The molecular formula is C15H15FN2O2. The fraction of sp³-hybridized carbons (Fsp3) is 0.267. The number of benzene rings is 1. The number of hydrogen-bond donors (Lipinski definition) is 1. The van der Waals surface area contributed by atoms with E-state index in [4.69, 9.17) is 4.74 Å². The molecule has 5 heteroatoms. The average molecular weight is 274 g/mol. The first-order valence-corrected chi connectivity index (χ1v) is 6.50. The van der Waals surface area contributed by atoms with Crippen LogP contribution in [0.4, 0.5) is 10.2 Å². The van der Waals surface area contributed by atoms with Crippen LogP contribution in [0.5, 0.6) is 5.75 Å². The number of hydrogen-bond acceptors (Lipinski definition) is 4. The van der Waals surface area contributed by atoms with E-state index in [9.17, 15) is 9.50 Å². The summed E-state index contributed by atoms with van der Waals surface area (Å²) in [5, 5.41) is 9.53. The van der Waals surface area contributed by atoms with Crippen LogP contribution in [-0.4, -0.2) is 29.8 Å². The van der Waals surface area contributed by atoms with Crippen molar-refractivity contribution >= 4 is 5.82 Å². The molecule has 3 rings (SSSR count). The molecule has 0 amide bonds. The maximum Gasteiger partial charge on any atom is 0.165 e. The number of phenols is 1. The van der Waals surface area contributed by atoms with Gasteiger partial charge < -0.3 is 14.7 Å². The maximum atomic E-state index is 13.8. The monoisotopic (exact) mass is 274 g/mol. The molecule has 104 valence electrons. The Kier molecular flexibility index (Phi) is 3.52. The second-order valence-corrected chi connectivity index (χ2v) is 4.71. The van der Waals surface area contributed by atoms with Crippen LogP contribution in [0.15, 0.2) is 42.6 Å². The predicted octanol–water partition coefficient (Wildman–Crippen LogP) is 2.50. The minimum atomic E-state index is -0.330. The Morgan fingerprint density at radius 2 is 2.20 bits per heavy atom. The molecule has 1 fully saturated rings. The van der Waals surface area contributed by atoms with Crippen molar-refractivity contribution in [2.24, 2.45) is 0 Å². The number of aromatic hydroxyl groups is 1. The number of anilines is 1. The van der Waals surface area contributed by atoms with Gasteiger partial charge in [-0.25, -0.2) is 9.37 Å². The van der Waals surface area contributed by atoms with Gasteiger partial charge in [0.1, 0.15) is 11.9 Å². The van der Waals surface area contributed by atoms with E-state index < -0.39 is 0 Å². The van der Waals surface area contributed by atoms with Gasteiger partial charge in [0.15, 0.2) is 11.6 Å². The number of rotatable bonds is 2. The fourth-order valence-electron chi connectivity index (χ4n) is 2.38. The van der Waals surface area contributed by atoms with Crippen molar-refractivity contribution in [2.45, 2.75) is 6.10 Å². The van der Waals surface area contributed by atoms with Crippen LogP contribution in [-0.2, 0) is 4.74 Å². The van der Waals surface area contributed by atoms with Gasteiger partial charge in [-0.1, -0.05) is 12.1 Å². The molecular weight excluding hydrogens is 259 g/mol. The summed E-state index contributed by atoms with van der Waals surface area (Å²) in [4.78, 5) is 5.96. The smallest absolute Gasteiger partial charge is 0.165 e. The number of phenolic OH excluding ortho intramolecular Hbond substituents is 1. The zero-order valence-corrected chi connectivity index (χ0v) is 10.9. The van der Waals surface area contributed by atoms with E-state index in [0.717, 1.165) is 5.56 Å². The lowest BCUT2D eigenvalue weighted by atomic mass is 10.1. The second-order valence-electron chi connectivity index (χ2n) is 4.71. The third-order valence-corrected chi connectivity index (χ3v) is 3.35. The van der Waals surface area contributed by atoms with E-state index in [1.165, 1.54) is 6.07 Å². The van der Waals surface area contributed by atoms with Gasteiger partial charge in [0.25, 0.3) is 0 Å². The normalized spacial score (nSPS) is 19.1. The van der Waals surface area contributed by atoms with E-state index in [0.29, 0.717) is 25.5 Å². The van der Waals surface area contributed by atoms with Crippen molar-refractivity contribution in [3.8, 4) is 5.75 Å². The topological polar surface area (TPSA) is 45.6 Å². The number of aromatic nitrogens is 1. The Hall–Kier alpha value is -2.14. The molecule has 1 aromatic carbocycles. The fourth-order valence-corrected chi connectivity index (χ4v) is 2.38. The molecule has 0 spiro atoms. The highest BCUT2D eigenvalue weighted by Gasteiger charge is 2.24. The van der Waals surface area contributed by atoms with Crippen molar-refractivity contribution < 1.29 is 14.2 Å². The Morgan fingerprint density at radius 1 is 1.30 bits per heavy atom. The van der Waals surface area contributed by atoms with E-state index in [1.54, 1.807) is 30.5 Å². The van der Waals surface area contributed by atoms with Crippen LogP contribution in [0.1, 0.15) is 11.7 Å². The highest BCUT2D eigenvalue weighted by atomic mass is 19.1. The molecule has 2 heterocycles. The number of pyridine rings is 1. The Morgan fingerprint density at radius 3 is 3.00 bits per heavy atom. The van der Waals surface area contributed by atoms with Gasteiger partial charge in [-0.05, 0) is 29.8 Å². The SMILES string of the molecule is Oc1cccc(C2CN(c3ncccc3F)CCO2)c1. The van der Waals surface area contributed by atoms with Crippen molar-refractivity contribution in [2.75, 3.05) is 24.6 Å². The van der Waals surface area contributed by atoms with Crippen LogP contribution >= 0.6 is 0 Å². The molecule has 1 unspecified atom stereocenters. The maximum absolute atomic E-state index is 13.8. The van der Waals surface area contributed by atoms with Gasteiger partial charge >= 0.3 is 0 Å². The van der Waals surface area contributed by atoms with Crippen LogP contribution in [0.2, 0.25) is 0 Å². The largest absolute Gasteiger partial charge is 0.508 e. The lowest BCUT2D eigenvalue weighted by Crippen LogP contribution is -2.39. The summed E-state index contributed by atoms with van der Waals surface area (Å²) < 4.78 is 19.5. The molecule has 1 aliphatic heterocycles. The molecule has 0 radical (unpaired) electrons. The molecule has 0 saturated carbocycles. The van der Waals surface area contributed by atoms with Crippen LogP contribution in [0.25, 0.3) is 0 Å². The van der Waals surface area contributed by atoms with Crippen molar-refractivity contribution in [3.05, 3.63) is 54.0 Å². The van der Waals surface area contributed by atoms with Crippen molar-refractivity contribution in [3.63, 3.8) is 0 Å². The second kappa shape index (κ2) is 5.46. The number of ether oxygens (including phenoxy) is 1. The van der Waals surface area contributed by atoms with E-state index in [1.807, 2.05) is 11.0 Å². The van der Waals surface area contributed by atoms with Gasteiger partial charge in [0.05, 0.1) is 6.61 Å². The van der Waals surface area contributed by atoms with E-state index in [-0.39, 0.29) is 17.7 Å². The molecule has 1 aromatic heterocycles. The van der Waals surface area contributed by atoms with Crippen LogP contribution in [0.3, 0.4) is 0 Å². The first-order chi connectivity index (χ1) is 9.74. The van der Waals surface area contributed by atoms with E-state index in [2.05, 4.69) is 4.98 Å². The van der Waals surface area contributed by atoms with Crippen LogP contribution in [0, 0.1) is 5.82 Å². The van der Waals surface area contributed by atoms with Crippen LogP contribution < -0.4 is 4.90 Å². The third-order valence-electron chi connectivity index (χ3n) is 3.35. The summed E-state index contributed by atoms with van der Waals surface area (Å²) in [6.45, 7) is 1.61. The summed E-state index contributed by atoms with van der Waals surface area (Å²) in [5.41, 5.74) is 0.881. The standard InChI is InChI=1S/C15H15FN2O2/c16-13-5-2-6-17-15(13)18-7-8-20-14(10-18)11-3-1-4-12(19)9-11/h1-6,9,14,19H,7-8,10H2. The molecule has 4 nitrogen and oxygen atoms in total. The zero-order chi connectivity index (χ0) is 13.9. The predicted molar refractivity (Wildman–Crippen MR) is 73.2 cm³/mol. The number of morpholine rings is 1. The quantitative estimate of drug-likeness (QED) is 0.914. The molecule has 1 atom stereocenters. The summed E-state index contributed by atoms with van der Waals surface area (Å²) >= 11 is 0. The zero-order valence-electron chi connectivity index (χ0n) is 10.9. The van der Waals surface area contributed by atoms with Crippen molar-refractivity contribution in [1.29, 1.82) is 0 Å².